The first-order valence-corrected chi connectivity index (χ1v) is 11.4. The molecule has 1 aromatic carbocycles. The van der Waals surface area contributed by atoms with E-state index in [1.807, 2.05) is 0 Å². The average Bonchev–Trinajstić information content (AvgIpc) is 3.42. The number of likely N-dealkylation sites (tertiary alicyclic amines) is 1. The van der Waals surface area contributed by atoms with Crippen LogP contribution in [0, 0.1) is 17.5 Å². The molecule has 1 fully saturated rings. The molecule has 2 heterocycles. The number of carbonyl (C=O) groups is 2. The summed E-state index contributed by atoms with van der Waals surface area (Å²) in [6, 6.07) is 0.0442. The Labute approximate surface area is 197 Å². The van der Waals surface area contributed by atoms with Crippen LogP contribution in [0.3, 0.4) is 0 Å². The lowest BCUT2D eigenvalue weighted by Crippen LogP contribution is -2.30. The summed E-state index contributed by atoms with van der Waals surface area (Å²) in [5, 5.41) is 4.45. The molecule has 0 aliphatic carbocycles. The number of nitrogens with one attached hydrogen (secondary N) is 2. The Morgan fingerprint density at radius 1 is 1.21 bits per heavy atom. The number of hydrogen-bond acceptors (Lipinski definition) is 6. The van der Waals surface area contributed by atoms with Crippen molar-refractivity contribution in [2.75, 3.05) is 31.5 Å². The van der Waals surface area contributed by atoms with E-state index < -0.39 is 46.6 Å². The second-order valence-corrected chi connectivity index (χ2v) is 8.61. The third-order valence-electron chi connectivity index (χ3n) is 5.08. The van der Waals surface area contributed by atoms with E-state index in [4.69, 9.17) is 22.1 Å². The number of carbonyl (C=O) groups excluding carboxylic acids is 2. The molecule has 180 valence electrons. The van der Waals surface area contributed by atoms with E-state index in [2.05, 4.69) is 19.9 Å². The van der Waals surface area contributed by atoms with Crippen molar-refractivity contribution in [3.63, 3.8) is 0 Å². The Bertz CT molecular complexity index is 1020. The molecule has 33 heavy (non-hydrogen) atoms. The number of ether oxygens (including phenoxy) is 1. The molecule has 2 aromatic rings. The number of anilines is 1. The van der Waals surface area contributed by atoms with Crippen LogP contribution in [0.2, 0.25) is 5.02 Å². The van der Waals surface area contributed by atoms with Gasteiger partial charge >= 0.3 is 6.03 Å². The summed E-state index contributed by atoms with van der Waals surface area (Å²) >= 11 is 6.10. The van der Waals surface area contributed by atoms with Crippen LogP contribution in [0.5, 0.6) is 5.88 Å². The fraction of sp³-hybridized carbons (Fsp3) is 0.450. The molecule has 1 aliphatic heterocycles. The van der Waals surface area contributed by atoms with Crippen molar-refractivity contribution in [2.24, 2.45) is 5.73 Å². The third kappa shape index (κ3) is 6.49. The van der Waals surface area contributed by atoms with E-state index in [0.717, 1.165) is 32.5 Å². The Kier molecular flexibility index (Phi) is 8.75. The number of unbranched alkanes of at least 4 members (excludes halogenated alkanes) is 1. The first-order valence-electron chi connectivity index (χ1n) is 10.3. The lowest BCUT2D eigenvalue weighted by atomic mass is 10.2. The van der Waals surface area contributed by atoms with Gasteiger partial charge in [-0.1, -0.05) is 11.6 Å². The van der Waals surface area contributed by atoms with Crippen molar-refractivity contribution in [3.05, 3.63) is 39.7 Å². The maximum Gasteiger partial charge on any atom is 0.319 e. The molecule has 4 N–H and O–H groups in total. The van der Waals surface area contributed by atoms with Crippen molar-refractivity contribution in [3.8, 4) is 5.88 Å². The maximum atomic E-state index is 14.0. The summed E-state index contributed by atoms with van der Waals surface area (Å²) in [6.45, 7) is 2.88. The molecule has 3 rings (SSSR count). The highest BCUT2D eigenvalue weighted by atomic mass is 35.5. The lowest BCUT2D eigenvalue weighted by Gasteiger charge is -2.14. The number of rotatable bonds is 10. The number of urea groups is 1. The van der Waals surface area contributed by atoms with Crippen LogP contribution in [0.1, 0.15) is 41.6 Å². The molecule has 0 saturated carbocycles. The zero-order chi connectivity index (χ0) is 24.0. The fourth-order valence-electron chi connectivity index (χ4n) is 3.37. The van der Waals surface area contributed by atoms with Gasteiger partial charge in [-0.3, -0.25) is 10.1 Å². The van der Waals surface area contributed by atoms with E-state index in [0.29, 0.717) is 24.1 Å². The molecular formula is C20H23ClF3N5O3S. The summed E-state index contributed by atoms with van der Waals surface area (Å²) in [4.78, 5) is 26.4. The van der Waals surface area contributed by atoms with Gasteiger partial charge in [-0.15, -0.1) is 0 Å². The van der Waals surface area contributed by atoms with E-state index in [1.54, 1.807) is 0 Å². The van der Waals surface area contributed by atoms with E-state index in [-0.39, 0.29) is 16.4 Å². The third-order valence-corrected chi connectivity index (χ3v) is 6.10. The van der Waals surface area contributed by atoms with Crippen LogP contribution in [0.4, 0.5) is 23.0 Å². The predicted octanol–water partition coefficient (Wildman–Crippen LogP) is 3.89. The van der Waals surface area contributed by atoms with Gasteiger partial charge in [0.2, 0.25) is 5.88 Å². The molecule has 13 heteroatoms. The van der Waals surface area contributed by atoms with Crippen LogP contribution in [0.25, 0.3) is 0 Å². The van der Waals surface area contributed by atoms with Crippen molar-refractivity contribution < 1.29 is 27.5 Å². The largest absolute Gasteiger partial charge is 0.471 e. The van der Waals surface area contributed by atoms with Gasteiger partial charge in [0.25, 0.3) is 5.91 Å². The topological polar surface area (TPSA) is 110 Å². The Morgan fingerprint density at radius 3 is 2.64 bits per heavy atom. The highest BCUT2D eigenvalue weighted by molar-refractivity contribution is 7.11. The highest BCUT2D eigenvalue weighted by Gasteiger charge is 2.24. The lowest BCUT2D eigenvalue weighted by molar-refractivity contribution is 0.0996. The van der Waals surface area contributed by atoms with Gasteiger partial charge in [0, 0.05) is 6.54 Å². The van der Waals surface area contributed by atoms with Gasteiger partial charge < -0.3 is 20.7 Å². The summed E-state index contributed by atoms with van der Waals surface area (Å²) in [6.07, 6.45) is 4.19. The number of nitrogens with two attached hydrogens (primary N) is 1. The van der Waals surface area contributed by atoms with Crippen molar-refractivity contribution in [2.45, 2.75) is 32.3 Å². The van der Waals surface area contributed by atoms with Crippen LogP contribution < -0.4 is 21.1 Å². The van der Waals surface area contributed by atoms with Crippen LogP contribution in [-0.2, 0) is 6.61 Å². The Balaban J connectivity index is 1.55. The average molecular weight is 506 g/mol. The number of benzene rings is 1. The molecule has 0 radical (unpaired) electrons. The van der Waals surface area contributed by atoms with Crippen molar-refractivity contribution in [1.82, 2.24) is 14.6 Å². The zero-order valence-electron chi connectivity index (χ0n) is 17.6. The molecule has 8 nitrogen and oxygen atoms in total. The van der Waals surface area contributed by atoms with Gasteiger partial charge in [0.05, 0.1) is 10.6 Å². The first kappa shape index (κ1) is 25.1. The second kappa shape index (κ2) is 11.5. The molecule has 1 aliphatic rings. The Morgan fingerprint density at radius 2 is 1.94 bits per heavy atom. The molecule has 1 saturated heterocycles. The molecule has 0 unspecified atom stereocenters. The van der Waals surface area contributed by atoms with Crippen molar-refractivity contribution >= 4 is 40.1 Å². The van der Waals surface area contributed by atoms with Crippen LogP contribution in [-0.4, -0.2) is 47.4 Å². The standard InChI is InChI=1S/C20H23ClF3N5O3S/c21-12-9-13(22)11(15(23)16(12)24)10-32-18-14(17(25)30)19(33-28-18)27-20(31)26-5-1-2-6-29-7-3-4-8-29/h9H,1-8,10H2,(H2,25,30)(H2,26,27,31). The van der Waals surface area contributed by atoms with Crippen molar-refractivity contribution in [1.29, 1.82) is 0 Å². The smallest absolute Gasteiger partial charge is 0.319 e. The molecule has 3 amide bonds. The van der Waals surface area contributed by atoms with Gasteiger partial charge in [-0.05, 0) is 62.9 Å². The van der Waals surface area contributed by atoms with E-state index >= 15 is 0 Å². The summed E-state index contributed by atoms with van der Waals surface area (Å²) in [5.41, 5.74) is 4.35. The molecule has 0 bridgehead atoms. The fourth-order valence-corrected chi connectivity index (χ4v) is 4.28. The Hall–Kier alpha value is -2.57. The quantitative estimate of drug-likeness (QED) is 0.258. The molecule has 1 aromatic heterocycles. The summed E-state index contributed by atoms with van der Waals surface area (Å²) in [7, 11) is 0. The molecular weight excluding hydrogens is 483 g/mol. The number of hydrogen-bond donors (Lipinski definition) is 3. The first-order chi connectivity index (χ1) is 15.8. The number of primary amides is 1. The SMILES string of the molecule is NC(=O)c1c(OCc2c(F)cc(Cl)c(F)c2F)nsc1NC(=O)NCCCCN1CCCC1. The number of aromatic nitrogens is 1. The molecule has 0 spiro atoms. The summed E-state index contributed by atoms with van der Waals surface area (Å²) < 4.78 is 50.6. The minimum atomic E-state index is -1.52. The van der Waals surface area contributed by atoms with Crippen LogP contribution >= 0.6 is 23.1 Å². The number of halogens is 4. The van der Waals surface area contributed by atoms with Gasteiger partial charge in [0.15, 0.2) is 11.6 Å². The van der Waals surface area contributed by atoms with E-state index in [9.17, 15) is 22.8 Å². The van der Waals surface area contributed by atoms with Gasteiger partial charge in [0.1, 0.15) is 23.0 Å². The molecule has 0 atom stereocenters. The summed E-state index contributed by atoms with van der Waals surface area (Å²) in [5.74, 6) is -5.38. The van der Waals surface area contributed by atoms with Gasteiger partial charge in [-0.25, -0.2) is 18.0 Å². The van der Waals surface area contributed by atoms with Gasteiger partial charge in [-0.2, -0.15) is 4.37 Å². The minimum Gasteiger partial charge on any atom is -0.471 e. The van der Waals surface area contributed by atoms with E-state index in [1.165, 1.54) is 12.8 Å². The predicted molar refractivity (Wildman–Crippen MR) is 118 cm³/mol. The van der Waals surface area contributed by atoms with Crippen LogP contribution in [0.15, 0.2) is 6.07 Å². The second-order valence-electron chi connectivity index (χ2n) is 7.43. The minimum absolute atomic E-state index is 0.00953. The zero-order valence-corrected chi connectivity index (χ0v) is 19.1. The highest BCUT2D eigenvalue weighted by Crippen LogP contribution is 2.31. The number of nitrogens with zero attached hydrogens (tertiary/aromatic N) is 2. The normalized spacial score (nSPS) is 13.8. The monoisotopic (exact) mass is 505 g/mol. The number of amides is 3. The maximum absolute atomic E-state index is 14.0.